The van der Waals surface area contributed by atoms with Crippen LogP contribution in [0.4, 0.5) is 5.69 Å². The van der Waals surface area contributed by atoms with Crippen LogP contribution in [0.3, 0.4) is 0 Å². The number of hydrogen-bond acceptors (Lipinski definition) is 6. The molecule has 0 amide bonds. The molecule has 0 fully saturated rings. The van der Waals surface area contributed by atoms with Crippen molar-refractivity contribution in [2.45, 2.75) is 0 Å². The summed E-state index contributed by atoms with van der Waals surface area (Å²) in [6.07, 6.45) is 0. The highest BCUT2D eigenvalue weighted by atomic mass is 16.6. The van der Waals surface area contributed by atoms with E-state index in [1.807, 2.05) is 0 Å². The molecule has 2 aromatic heterocycles. The van der Waals surface area contributed by atoms with Crippen LogP contribution in [0, 0.1) is 10.1 Å². The van der Waals surface area contributed by atoms with Gasteiger partial charge in [-0.05, 0) is 42.5 Å². The molecule has 0 saturated carbocycles. The monoisotopic (exact) mass is 390 g/mol. The Hall–Kier alpha value is -4.27. The number of hydrogen-bond donors (Lipinski definition) is 2. The fourth-order valence-corrected chi connectivity index (χ4v) is 3.06. The number of carbonyl (C=O) groups is 1. The van der Waals surface area contributed by atoms with Crippen LogP contribution in [0.5, 0.6) is 5.75 Å². The molecule has 0 aliphatic carbocycles. The predicted molar refractivity (Wildman–Crippen MR) is 105 cm³/mol. The zero-order chi connectivity index (χ0) is 20.5. The normalized spacial score (nSPS) is 10.8. The summed E-state index contributed by atoms with van der Waals surface area (Å²) in [4.78, 5) is 26.8. The van der Waals surface area contributed by atoms with Gasteiger partial charge in [0, 0.05) is 23.3 Å². The molecule has 0 spiro atoms. The number of fused-ring (bicyclic) bond motifs is 1. The summed E-state index contributed by atoms with van der Waals surface area (Å²) in [5.41, 5.74) is 2.39. The zero-order valence-corrected chi connectivity index (χ0v) is 15.1. The molecular formula is C20H14N4O5. The SMILES string of the molecule is COc1ccc(-c2cc(C(=O)O)c3c(-c4ccc([N+](=O)[O-])cc4)[nH]nc3n2)cc1. The van der Waals surface area contributed by atoms with Crippen molar-refractivity contribution in [1.29, 1.82) is 0 Å². The lowest BCUT2D eigenvalue weighted by Gasteiger charge is -2.06. The molecule has 9 nitrogen and oxygen atoms in total. The Morgan fingerprint density at radius 2 is 1.76 bits per heavy atom. The molecule has 2 heterocycles. The second-order valence-corrected chi connectivity index (χ2v) is 6.19. The molecular weight excluding hydrogens is 376 g/mol. The summed E-state index contributed by atoms with van der Waals surface area (Å²) in [5.74, 6) is -0.453. The molecule has 0 saturated heterocycles. The van der Waals surface area contributed by atoms with Crippen LogP contribution in [0.15, 0.2) is 54.6 Å². The first-order valence-corrected chi connectivity index (χ1v) is 8.49. The minimum atomic E-state index is -1.13. The maximum Gasteiger partial charge on any atom is 0.336 e. The van der Waals surface area contributed by atoms with Gasteiger partial charge in [0.25, 0.3) is 5.69 Å². The van der Waals surface area contributed by atoms with E-state index in [-0.39, 0.29) is 16.9 Å². The van der Waals surface area contributed by atoms with Crippen molar-refractivity contribution < 1.29 is 19.6 Å². The van der Waals surface area contributed by atoms with Gasteiger partial charge in [-0.3, -0.25) is 15.2 Å². The number of aromatic carboxylic acids is 1. The highest BCUT2D eigenvalue weighted by Gasteiger charge is 2.20. The average Bonchev–Trinajstić information content (AvgIpc) is 3.17. The Bertz CT molecular complexity index is 1230. The van der Waals surface area contributed by atoms with E-state index in [0.29, 0.717) is 28.1 Å². The topological polar surface area (TPSA) is 131 Å². The number of nitrogens with zero attached hydrogens (tertiary/aromatic N) is 3. The number of H-pyrrole nitrogens is 1. The standard InChI is InChI=1S/C20H14N4O5/c1-29-14-8-4-11(5-9-14)16-10-15(20(25)26)17-18(22-23-19(17)21-16)12-2-6-13(7-3-12)24(27)28/h2-10H,1H3,(H,25,26)(H,21,22,23). The Labute approximate surface area is 163 Å². The molecule has 0 bridgehead atoms. The molecule has 29 heavy (non-hydrogen) atoms. The van der Waals surface area contributed by atoms with Crippen molar-refractivity contribution in [2.75, 3.05) is 7.11 Å². The van der Waals surface area contributed by atoms with Crippen LogP contribution >= 0.6 is 0 Å². The largest absolute Gasteiger partial charge is 0.497 e. The van der Waals surface area contributed by atoms with Crippen molar-refractivity contribution in [3.05, 3.63) is 70.3 Å². The van der Waals surface area contributed by atoms with Crippen molar-refractivity contribution in [1.82, 2.24) is 15.2 Å². The number of aromatic amines is 1. The number of aromatic nitrogens is 3. The van der Waals surface area contributed by atoms with Crippen LogP contribution < -0.4 is 4.74 Å². The maximum absolute atomic E-state index is 11.9. The van der Waals surface area contributed by atoms with Crippen LogP contribution in [-0.2, 0) is 0 Å². The first-order valence-electron chi connectivity index (χ1n) is 8.49. The molecule has 0 radical (unpaired) electrons. The van der Waals surface area contributed by atoms with E-state index in [2.05, 4.69) is 15.2 Å². The number of non-ortho nitro benzene ring substituents is 1. The van der Waals surface area contributed by atoms with Crippen LogP contribution in [-0.4, -0.2) is 38.3 Å². The predicted octanol–water partition coefficient (Wildman–Crippen LogP) is 3.91. The number of nitrogens with one attached hydrogen (secondary N) is 1. The third kappa shape index (κ3) is 3.25. The van der Waals surface area contributed by atoms with E-state index in [1.165, 1.54) is 30.3 Å². The van der Waals surface area contributed by atoms with Gasteiger partial charge in [-0.15, -0.1) is 0 Å². The van der Waals surface area contributed by atoms with Gasteiger partial charge >= 0.3 is 5.97 Å². The summed E-state index contributed by atoms with van der Waals surface area (Å²) < 4.78 is 5.14. The van der Waals surface area contributed by atoms with Crippen LogP contribution in [0.25, 0.3) is 33.5 Å². The van der Waals surface area contributed by atoms with Crippen LogP contribution in [0.2, 0.25) is 0 Å². The number of carboxylic acids is 1. The third-order valence-corrected chi connectivity index (χ3v) is 4.51. The highest BCUT2D eigenvalue weighted by Crippen LogP contribution is 2.32. The molecule has 0 aliphatic rings. The van der Waals surface area contributed by atoms with E-state index >= 15 is 0 Å². The fraction of sp³-hybridized carbons (Fsp3) is 0.0500. The summed E-state index contributed by atoms with van der Waals surface area (Å²) in [7, 11) is 1.56. The van der Waals surface area contributed by atoms with Crippen molar-refractivity contribution in [3.8, 4) is 28.3 Å². The number of benzene rings is 2. The van der Waals surface area contributed by atoms with Crippen molar-refractivity contribution >= 4 is 22.7 Å². The molecule has 2 N–H and O–H groups in total. The van der Waals surface area contributed by atoms with Gasteiger partial charge in [0.1, 0.15) is 5.75 Å². The number of rotatable bonds is 5. The minimum absolute atomic E-state index is 0.0305. The number of ether oxygens (including phenoxy) is 1. The second-order valence-electron chi connectivity index (χ2n) is 6.19. The second kappa shape index (κ2) is 7.04. The Kier molecular flexibility index (Phi) is 4.40. The molecule has 4 aromatic rings. The molecule has 0 atom stereocenters. The number of carboxylic acid groups (broad SMARTS) is 1. The van der Waals surface area contributed by atoms with Crippen molar-refractivity contribution in [3.63, 3.8) is 0 Å². The fourth-order valence-electron chi connectivity index (χ4n) is 3.06. The van der Waals surface area contributed by atoms with Crippen molar-refractivity contribution in [2.24, 2.45) is 0 Å². The lowest BCUT2D eigenvalue weighted by atomic mass is 10.0. The number of nitro groups is 1. The number of pyridine rings is 1. The van der Waals surface area contributed by atoms with Crippen LogP contribution in [0.1, 0.15) is 10.4 Å². The van der Waals surface area contributed by atoms with Gasteiger partial charge in [0.05, 0.1) is 34.4 Å². The van der Waals surface area contributed by atoms with Gasteiger partial charge in [0.15, 0.2) is 5.65 Å². The van der Waals surface area contributed by atoms with E-state index in [1.54, 1.807) is 31.4 Å². The lowest BCUT2D eigenvalue weighted by molar-refractivity contribution is -0.384. The smallest absolute Gasteiger partial charge is 0.336 e. The number of methoxy groups -OCH3 is 1. The highest BCUT2D eigenvalue weighted by molar-refractivity contribution is 6.08. The first kappa shape index (κ1) is 18.1. The van der Waals surface area contributed by atoms with E-state index in [9.17, 15) is 20.0 Å². The molecule has 2 aromatic carbocycles. The van der Waals surface area contributed by atoms with E-state index in [4.69, 9.17) is 4.74 Å². The molecule has 0 unspecified atom stereocenters. The minimum Gasteiger partial charge on any atom is -0.497 e. The van der Waals surface area contributed by atoms with Gasteiger partial charge in [0.2, 0.25) is 0 Å². The summed E-state index contributed by atoms with van der Waals surface area (Å²) >= 11 is 0. The maximum atomic E-state index is 11.9. The lowest BCUT2D eigenvalue weighted by Crippen LogP contribution is -2.00. The summed E-state index contributed by atoms with van der Waals surface area (Å²) in [5, 5.41) is 27.9. The molecule has 9 heteroatoms. The molecule has 144 valence electrons. The average molecular weight is 390 g/mol. The van der Waals surface area contributed by atoms with Gasteiger partial charge in [-0.25, -0.2) is 9.78 Å². The Balaban J connectivity index is 1.86. The number of nitro benzene ring substituents is 1. The summed E-state index contributed by atoms with van der Waals surface area (Å²) in [6.45, 7) is 0. The Morgan fingerprint density at radius 1 is 1.10 bits per heavy atom. The quantitative estimate of drug-likeness (QED) is 0.390. The van der Waals surface area contributed by atoms with E-state index in [0.717, 1.165) is 5.56 Å². The van der Waals surface area contributed by atoms with Gasteiger partial charge < -0.3 is 9.84 Å². The first-order chi connectivity index (χ1) is 14.0. The zero-order valence-electron chi connectivity index (χ0n) is 15.1. The molecule has 0 aliphatic heterocycles. The van der Waals surface area contributed by atoms with Gasteiger partial charge in [-0.1, -0.05) is 0 Å². The third-order valence-electron chi connectivity index (χ3n) is 4.51. The molecule has 4 rings (SSSR count). The Morgan fingerprint density at radius 3 is 2.34 bits per heavy atom. The van der Waals surface area contributed by atoms with Gasteiger partial charge in [-0.2, -0.15) is 5.10 Å². The van der Waals surface area contributed by atoms with E-state index < -0.39 is 10.9 Å². The summed E-state index contributed by atoms with van der Waals surface area (Å²) in [6, 6.07) is 14.3.